The fourth-order valence-electron chi connectivity index (χ4n) is 2.07. The summed E-state index contributed by atoms with van der Waals surface area (Å²) < 4.78 is 0. The van der Waals surface area contributed by atoms with E-state index in [9.17, 15) is 0 Å². The third kappa shape index (κ3) is 2.37. The first-order chi connectivity index (χ1) is 7.35. The van der Waals surface area contributed by atoms with E-state index in [0.29, 0.717) is 6.54 Å². The van der Waals surface area contributed by atoms with Crippen molar-refractivity contribution in [3.05, 3.63) is 60.2 Å². The maximum absolute atomic E-state index is 5.90. The predicted octanol–water partition coefficient (Wildman–Crippen LogP) is 2.69. The van der Waals surface area contributed by atoms with E-state index in [1.54, 1.807) is 0 Å². The maximum Gasteiger partial charge on any atom is 0.00823 e. The van der Waals surface area contributed by atoms with Gasteiger partial charge in [-0.3, -0.25) is 0 Å². The minimum absolute atomic E-state index is 0.135. The van der Waals surface area contributed by atoms with Gasteiger partial charge in [0.2, 0.25) is 0 Å². The molecule has 0 radical (unpaired) electrons. The van der Waals surface area contributed by atoms with Gasteiger partial charge in [-0.25, -0.2) is 0 Å². The lowest BCUT2D eigenvalue weighted by atomic mass is 9.76. The molecule has 0 saturated heterocycles. The topological polar surface area (TPSA) is 26.0 Å². The highest BCUT2D eigenvalue weighted by Crippen LogP contribution is 2.30. The number of nitrogens with two attached hydrogens (primary N) is 1. The van der Waals surface area contributed by atoms with Crippen LogP contribution in [0.3, 0.4) is 0 Å². The summed E-state index contributed by atoms with van der Waals surface area (Å²) >= 11 is 0. The lowest BCUT2D eigenvalue weighted by Gasteiger charge is -2.29. The largest absolute Gasteiger partial charge is 0.330 e. The van der Waals surface area contributed by atoms with Crippen LogP contribution in [0.15, 0.2) is 54.6 Å². The van der Waals surface area contributed by atoms with Gasteiger partial charge in [-0.15, -0.1) is 0 Å². The third-order valence-corrected chi connectivity index (χ3v) is 3.03. The van der Waals surface area contributed by atoms with Crippen molar-refractivity contribution in [3.63, 3.8) is 0 Å². The second-order valence-electron chi connectivity index (χ2n) is 4.22. The lowest BCUT2D eigenvalue weighted by Crippen LogP contribution is -2.31. The zero-order valence-corrected chi connectivity index (χ0v) is 8.89. The van der Waals surface area contributed by atoms with Gasteiger partial charge in [0.05, 0.1) is 0 Å². The molecule has 1 atom stereocenters. The summed E-state index contributed by atoms with van der Waals surface area (Å²) in [5.41, 5.74) is 7.40. The molecule has 1 aliphatic rings. The Bertz CT molecular complexity index is 364. The van der Waals surface area contributed by atoms with Crippen LogP contribution in [0, 0.1) is 5.41 Å². The standard InChI is InChI=1S/C14H17N/c15-12-14(9-5-2-6-10-14)11-13-7-3-1-4-8-13/h1-9H,10-12,15H2. The second kappa shape index (κ2) is 4.45. The molecule has 0 aliphatic heterocycles. The molecule has 0 spiro atoms. The Hall–Kier alpha value is -1.34. The van der Waals surface area contributed by atoms with Crippen LogP contribution < -0.4 is 5.73 Å². The smallest absolute Gasteiger partial charge is 0.00823 e. The highest BCUT2D eigenvalue weighted by Gasteiger charge is 2.25. The van der Waals surface area contributed by atoms with Crippen molar-refractivity contribution in [3.8, 4) is 0 Å². The fraction of sp³-hybridized carbons (Fsp3) is 0.286. The number of benzene rings is 1. The molecular formula is C14H17N. The lowest BCUT2D eigenvalue weighted by molar-refractivity contribution is 0.392. The molecule has 1 nitrogen and oxygen atoms in total. The summed E-state index contributed by atoms with van der Waals surface area (Å²) in [5.74, 6) is 0. The van der Waals surface area contributed by atoms with Crippen molar-refractivity contribution in [2.75, 3.05) is 6.54 Å². The van der Waals surface area contributed by atoms with Gasteiger partial charge < -0.3 is 5.73 Å². The highest BCUT2D eigenvalue weighted by molar-refractivity contribution is 5.23. The average molecular weight is 199 g/mol. The Morgan fingerprint density at radius 2 is 1.93 bits per heavy atom. The van der Waals surface area contributed by atoms with E-state index in [1.807, 2.05) is 0 Å². The van der Waals surface area contributed by atoms with Crippen molar-refractivity contribution in [1.29, 1.82) is 0 Å². The number of rotatable bonds is 3. The highest BCUT2D eigenvalue weighted by atomic mass is 14.6. The van der Waals surface area contributed by atoms with Crippen molar-refractivity contribution in [2.24, 2.45) is 11.1 Å². The molecular weight excluding hydrogens is 182 g/mol. The van der Waals surface area contributed by atoms with E-state index in [2.05, 4.69) is 54.6 Å². The molecule has 2 rings (SSSR count). The van der Waals surface area contributed by atoms with Crippen LogP contribution >= 0.6 is 0 Å². The zero-order chi connectivity index (χ0) is 10.6. The summed E-state index contributed by atoms with van der Waals surface area (Å²) in [6, 6.07) is 10.6. The molecule has 0 aromatic heterocycles. The van der Waals surface area contributed by atoms with Crippen molar-refractivity contribution in [2.45, 2.75) is 12.8 Å². The van der Waals surface area contributed by atoms with Crippen molar-refractivity contribution < 1.29 is 0 Å². The SMILES string of the molecule is NCC1(Cc2ccccc2)C=CC=CC1. The summed E-state index contributed by atoms with van der Waals surface area (Å²) in [5, 5.41) is 0. The van der Waals surface area contributed by atoms with Crippen LogP contribution in [0.1, 0.15) is 12.0 Å². The molecule has 2 N–H and O–H groups in total. The van der Waals surface area contributed by atoms with E-state index in [1.165, 1.54) is 5.56 Å². The van der Waals surface area contributed by atoms with Gasteiger partial charge in [0.1, 0.15) is 0 Å². The van der Waals surface area contributed by atoms with Crippen LogP contribution in [-0.4, -0.2) is 6.54 Å². The Kier molecular flexibility index (Phi) is 3.02. The Balaban J connectivity index is 2.15. The Morgan fingerprint density at radius 1 is 1.13 bits per heavy atom. The van der Waals surface area contributed by atoms with Gasteiger partial charge in [0, 0.05) is 12.0 Å². The Morgan fingerprint density at radius 3 is 2.53 bits per heavy atom. The monoisotopic (exact) mass is 199 g/mol. The summed E-state index contributed by atoms with van der Waals surface area (Å²) in [6.45, 7) is 0.711. The van der Waals surface area contributed by atoms with E-state index in [-0.39, 0.29) is 5.41 Å². The van der Waals surface area contributed by atoms with Crippen molar-refractivity contribution >= 4 is 0 Å². The summed E-state index contributed by atoms with van der Waals surface area (Å²) in [6.07, 6.45) is 10.7. The first-order valence-corrected chi connectivity index (χ1v) is 5.43. The second-order valence-corrected chi connectivity index (χ2v) is 4.22. The minimum atomic E-state index is 0.135. The van der Waals surface area contributed by atoms with Crippen LogP contribution in [0.2, 0.25) is 0 Å². The van der Waals surface area contributed by atoms with Gasteiger partial charge >= 0.3 is 0 Å². The molecule has 0 saturated carbocycles. The predicted molar refractivity (Wildman–Crippen MR) is 64.5 cm³/mol. The molecule has 1 unspecified atom stereocenters. The number of allylic oxidation sites excluding steroid dienone is 3. The van der Waals surface area contributed by atoms with Crippen LogP contribution in [0.4, 0.5) is 0 Å². The van der Waals surface area contributed by atoms with Crippen LogP contribution in [-0.2, 0) is 6.42 Å². The maximum atomic E-state index is 5.90. The molecule has 1 aliphatic carbocycles. The summed E-state index contributed by atoms with van der Waals surface area (Å²) in [4.78, 5) is 0. The van der Waals surface area contributed by atoms with E-state index >= 15 is 0 Å². The third-order valence-electron chi connectivity index (χ3n) is 3.03. The normalized spacial score (nSPS) is 24.3. The van der Waals surface area contributed by atoms with E-state index in [0.717, 1.165) is 12.8 Å². The molecule has 1 aromatic rings. The average Bonchev–Trinajstić information content (AvgIpc) is 2.32. The van der Waals surface area contributed by atoms with Crippen LogP contribution in [0.5, 0.6) is 0 Å². The van der Waals surface area contributed by atoms with Gasteiger partial charge in [0.15, 0.2) is 0 Å². The first kappa shape index (κ1) is 10.2. The first-order valence-electron chi connectivity index (χ1n) is 5.43. The number of hydrogen-bond acceptors (Lipinski definition) is 1. The molecule has 0 bridgehead atoms. The van der Waals surface area contributed by atoms with Crippen molar-refractivity contribution in [1.82, 2.24) is 0 Å². The van der Waals surface area contributed by atoms with Gasteiger partial charge in [-0.1, -0.05) is 54.6 Å². The quantitative estimate of drug-likeness (QED) is 0.795. The fourth-order valence-corrected chi connectivity index (χ4v) is 2.07. The van der Waals surface area contributed by atoms with Crippen LogP contribution in [0.25, 0.3) is 0 Å². The molecule has 0 heterocycles. The molecule has 0 fully saturated rings. The van der Waals surface area contributed by atoms with Gasteiger partial charge in [-0.2, -0.15) is 0 Å². The Labute approximate surface area is 91.3 Å². The van der Waals surface area contributed by atoms with E-state index in [4.69, 9.17) is 5.73 Å². The molecule has 15 heavy (non-hydrogen) atoms. The van der Waals surface area contributed by atoms with E-state index < -0.39 is 0 Å². The molecule has 78 valence electrons. The minimum Gasteiger partial charge on any atom is -0.330 e. The molecule has 0 amide bonds. The number of hydrogen-bond donors (Lipinski definition) is 1. The molecule has 1 heteroatoms. The molecule has 1 aromatic carbocycles. The van der Waals surface area contributed by atoms with Gasteiger partial charge in [-0.05, 0) is 18.4 Å². The van der Waals surface area contributed by atoms with Gasteiger partial charge in [0.25, 0.3) is 0 Å². The summed E-state index contributed by atoms with van der Waals surface area (Å²) in [7, 11) is 0. The zero-order valence-electron chi connectivity index (χ0n) is 8.89.